The van der Waals surface area contributed by atoms with Gasteiger partial charge in [0, 0.05) is 26.8 Å². The smallest absolute Gasteiger partial charge is 0.224 e. The van der Waals surface area contributed by atoms with Crippen LogP contribution in [-0.4, -0.2) is 19.0 Å². The van der Waals surface area contributed by atoms with E-state index in [1.165, 1.54) is 12.1 Å². The third-order valence-electron chi connectivity index (χ3n) is 6.51. The zero-order valence-corrected chi connectivity index (χ0v) is 18.8. The van der Waals surface area contributed by atoms with Crippen molar-refractivity contribution in [2.45, 2.75) is 38.1 Å². The van der Waals surface area contributed by atoms with Crippen molar-refractivity contribution in [2.24, 2.45) is 5.92 Å². The summed E-state index contributed by atoms with van der Waals surface area (Å²) >= 11 is 3.55. The summed E-state index contributed by atoms with van der Waals surface area (Å²) in [6.45, 7) is 5.63. The normalized spacial score (nSPS) is 18.1. The van der Waals surface area contributed by atoms with Crippen molar-refractivity contribution in [3.8, 4) is 0 Å². The van der Waals surface area contributed by atoms with E-state index in [2.05, 4.69) is 26.6 Å². The van der Waals surface area contributed by atoms with E-state index < -0.39 is 0 Å². The fourth-order valence-electron chi connectivity index (χ4n) is 4.69. The molecule has 4 rings (SSSR count). The highest BCUT2D eigenvalue weighted by molar-refractivity contribution is 9.10. The molecule has 2 heterocycles. The molecule has 2 N–H and O–H groups in total. The molecule has 30 heavy (non-hydrogen) atoms. The molecule has 6 heteroatoms. The van der Waals surface area contributed by atoms with Gasteiger partial charge in [-0.15, -0.1) is 0 Å². The SMILES string of the molecule is CC(NC(=O)C(C)C1(c2ccc(F)cc2)CCNCC1)c1cc(Br)cc2ccoc12. The Morgan fingerprint density at radius 1 is 1.17 bits per heavy atom. The number of rotatable bonds is 5. The molecule has 2 unspecified atom stereocenters. The molecular weight excluding hydrogens is 447 g/mol. The maximum Gasteiger partial charge on any atom is 0.224 e. The monoisotopic (exact) mass is 472 g/mol. The Kier molecular flexibility index (Phi) is 5.98. The van der Waals surface area contributed by atoms with E-state index >= 15 is 0 Å². The first-order valence-corrected chi connectivity index (χ1v) is 11.1. The van der Waals surface area contributed by atoms with Crippen molar-refractivity contribution in [3.63, 3.8) is 0 Å². The highest BCUT2D eigenvalue weighted by atomic mass is 79.9. The number of nitrogens with one attached hydrogen (secondary N) is 2. The van der Waals surface area contributed by atoms with Gasteiger partial charge in [0.2, 0.25) is 5.91 Å². The lowest BCUT2D eigenvalue weighted by molar-refractivity contribution is -0.127. The molecule has 0 aliphatic carbocycles. The number of furan rings is 1. The molecule has 1 aromatic heterocycles. The van der Waals surface area contributed by atoms with E-state index in [1.807, 2.05) is 44.2 Å². The van der Waals surface area contributed by atoms with Crippen molar-refractivity contribution >= 4 is 32.8 Å². The van der Waals surface area contributed by atoms with E-state index in [0.29, 0.717) is 0 Å². The molecule has 3 aromatic rings. The fourth-order valence-corrected chi connectivity index (χ4v) is 5.18. The average molecular weight is 473 g/mol. The van der Waals surface area contributed by atoms with Crippen LogP contribution in [-0.2, 0) is 10.2 Å². The maximum absolute atomic E-state index is 13.5. The van der Waals surface area contributed by atoms with E-state index in [4.69, 9.17) is 4.42 Å². The van der Waals surface area contributed by atoms with E-state index in [-0.39, 0.29) is 29.1 Å². The van der Waals surface area contributed by atoms with Gasteiger partial charge in [0.05, 0.1) is 12.3 Å². The molecule has 1 aliphatic rings. The van der Waals surface area contributed by atoms with E-state index in [0.717, 1.165) is 52.5 Å². The topological polar surface area (TPSA) is 54.3 Å². The van der Waals surface area contributed by atoms with Crippen LogP contribution in [0, 0.1) is 11.7 Å². The first-order valence-electron chi connectivity index (χ1n) is 10.3. The van der Waals surface area contributed by atoms with Crippen molar-refractivity contribution in [1.29, 1.82) is 0 Å². The van der Waals surface area contributed by atoms with Crippen LogP contribution >= 0.6 is 15.9 Å². The lowest BCUT2D eigenvalue weighted by Gasteiger charge is -2.42. The number of fused-ring (bicyclic) bond motifs is 1. The fraction of sp³-hybridized carbons (Fsp3) is 0.375. The van der Waals surface area contributed by atoms with Crippen LogP contribution in [0.15, 0.2) is 57.6 Å². The van der Waals surface area contributed by atoms with Gasteiger partial charge in [0.15, 0.2) is 0 Å². The summed E-state index contributed by atoms with van der Waals surface area (Å²) in [6.07, 6.45) is 3.33. The largest absolute Gasteiger partial charge is 0.464 e. The van der Waals surface area contributed by atoms with Crippen LogP contribution in [0.3, 0.4) is 0 Å². The summed E-state index contributed by atoms with van der Waals surface area (Å²) in [5.41, 5.74) is 2.43. The first-order chi connectivity index (χ1) is 14.4. The van der Waals surface area contributed by atoms with Crippen molar-refractivity contribution in [2.75, 3.05) is 13.1 Å². The highest BCUT2D eigenvalue weighted by Gasteiger charge is 2.42. The quantitative estimate of drug-likeness (QED) is 0.517. The Labute approximate surface area is 184 Å². The standard InChI is InChI=1S/C24H26BrFN2O2/c1-15(24(8-10-27-11-9-24)18-3-5-20(26)6-4-18)23(29)28-16(2)21-14-19(25)13-17-7-12-30-22(17)21/h3-7,12-16,27H,8-11H2,1-2H3,(H,28,29). The zero-order chi connectivity index (χ0) is 21.3. The van der Waals surface area contributed by atoms with Gasteiger partial charge < -0.3 is 15.1 Å². The van der Waals surface area contributed by atoms with Gasteiger partial charge in [0.25, 0.3) is 0 Å². The number of carbonyl (C=O) groups is 1. The molecule has 1 fully saturated rings. The molecule has 1 amide bonds. The number of hydrogen-bond donors (Lipinski definition) is 2. The van der Waals surface area contributed by atoms with Crippen LogP contribution in [0.2, 0.25) is 0 Å². The number of carbonyl (C=O) groups excluding carboxylic acids is 1. The summed E-state index contributed by atoms with van der Waals surface area (Å²) in [5.74, 6) is -0.522. The molecule has 0 radical (unpaired) electrons. The zero-order valence-electron chi connectivity index (χ0n) is 17.2. The van der Waals surface area contributed by atoms with Gasteiger partial charge in [-0.05, 0) is 68.8 Å². The molecule has 0 spiro atoms. The van der Waals surface area contributed by atoms with Crippen LogP contribution < -0.4 is 10.6 Å². The number of halogens is 2. The third kappa shape index (κ3) is 3.91. The Morgan fingerprint density at radius 3 is 2.57 bits per heavy atom. The summed E-state index contributed by atoms with van der Waals surface area (Å²) in [7, 11) is 0. The number of piperidine rings is 1. The predicted molar refractivity (Wildman–Crippen MR) is 120 cm³/mol. The minimum Gasteiger partial charge on any atom is -0.464 e. The van der Waals surface area contributed by atoms with Gasteiger partial charge in [-0.2, -0.15) is 0 Å². The second-order valence-electron chi connectivity index (χ2n) is 8.20. The molecule has 4 nitrogen and oxygen atoms in total. The van der Waals surface area contributed by atoms with Crippen molar-refractivity contribution in [1.82, 2.24) is 10.6 Å². The summed E-state index contributed by atoms with van der Waals surface area (Å²) < 4.78 is 20.1. The van der Waals surface area contributed by atoms with E-state index in [1.54, 1.807) is 6.26 Å². The lowest BCUT2D eigenvalue weighted by atomic mass is 9.65. The van der Waals surface area contributed by atoms with Crippen LogP contribution in [0.1, 0.15) is 43.9 Å². The molecule has 0 bridgehead atoms. The summed E-state index contributed by atoms with van der Waals surface area (Å²) in [4.78, 5) is 13.4. The van der Waals surface area contributed by atoms with Crippen LogP contribution in [0.5, 0.6) is 0 Å². The lowest BCUT2D eigenvalue weighted by Crippen LogP contribution is -2.49. The van der Waals surface area contributed by atoms with Gasteiger partial charge in [-0.1, -0.05) is 35.0 Å². The van der Waals surface area contributed by atoms with Gasteiger partial charge >= 0.3 is 0 Å². The van der Waals surface area contributed by atoms with Gasteiger partial charge in [0.1, 0.15) is 11.4 Å². The molecule has 0 saturated carbocycles. The third-order valence-corrected chi connectivity index (χ3v) is 6.96. The van der Waals surface area contributed by atoms with Gasteiger partial charge in [-0.25, -0.2) is 4.39 Å². The molecule has 2 atom stereocenters. The Hall–Kier alpha value is -2.18. The molecule has 1 aliphatic heterocycles. The van der Waals surface area contributed by atoms with Gasteiger partial charge in [-0.3, -0.25) is 4.79 Å². The minimum absolute atomic E-state index is 0.00610. The van der Waals surface area contributed by atoms with Crippen molar-refractivity contribution in [3.05, 3.63) is 70.1 Å². The summed E-state index contributed by atoms with van der Waals surface area (Å²) in [6, 6.07) is 12.3. The van der Waals surface area contributed by atoms with Crippen LogP contribution in [0.4, 0.5) is 4.39 Å². The predicted octanol–water partition coefficient (Wildman–Crippen LogP) is 5.47. The Balaban J connectivity index is 1.60. The Morgan fingerprint density at radius 2 is 1.87 bits per heavy atom. The first kappa shape index (κ1) is 21.1. The number of hydrogen-bond acceptors (Lipinski definition) is 3. The Bertz CT molecular complexity index is 1040. The average Bonchev–Trinajstić information content (AvgIpc) is 3.21. The second kappa shape index (κ2) is 8.52. The molecular formula is C24H26BrFN2O2. The van der Waals surface area contributed by atoms with Crippen molar-refractivity contribution < 1.29 is 13.6 Å². The van der Waals surface area contributed by atoms with Crippen LogP contribution in [0.25, 0.3) is 11.0 Å². The molecule has 1 saturated heterocycles. The highest BCUT2D eigenvalue weighted by Crippen LogP contribution is 2.41. The number of benzene rings is 2. The molecule has 158 valence electrons. The second-order valence-corrected chi connectivity index (χ2v) is 9.11. The minimum atomic E-state index is -0.319. The van der Waals surface area contributed by atoms with E-state index in [9.17, 15) is 9.18 Å². The summed E-state index contributed by atoms with van der Waals surface area (Å²) in [5, 5.41) is 7.57. The molecule has 2 aromatic carbocycles. The maximum atomic E-state index is 13.5. The number of amides is 1.